The zero-order valence-corrected chi connectivity index (χ0v) is 17.0. The summed E-state index contributed by atoms with van der Waals surface area (Å²) in [5, 5.41) is 4.62. The molecule has 0 saturated carbocycles. The Hall–Kier alpha value is -2.98. The summed E-state index contributed by atoms with van der Waals surface area (Å²) in [5.74, 6) is -7.04. The maximum absolute atomic E-state index is 13.8. The lowest BCUT2D eigenvalue weighted by molar-refractivity contribution is 0.0602. The Morgan fingerprint density at radius 3 is 2.27 bits per heavy atom. The van der Waals surface area contributed by atoms with Gasteiger partial charge in [-0.1, -0.05) is 30.3 Å². The number of hydrogen-bond donors (Lipinski definition) is 2. The zero-order valence-electron chi connectivity index (χ0n) is 15.4. The van der Waals surface area contributed by atoms with Crippen LogP contribution in [-0.2, 0) is 11.2 Å². The first-order valence-electron chi connectivity index (χ1n) is 8.46. The molecule has 3 aromatic rings. The smallest absolute Gasteiger partial charge is 0.340 e. The summed E-state index contributed by atoms with van der Waals surface area (Å²) in [5.41, 5.74) is 0.0800. The third-order valence-electron chi connectivity index (χ3n) is 3.99. The van der Waals surface area contributed by atoms with Gasteiger partial charge >= 0.3 is 5.97 Å². The molecule has 0 saturated heterocycles. The first-order chi connectivity index (χ1) is 14.3. The first-order valence-corrected chi connectivity index (χ1v) is 9.68. The largest absolute Gasteiger partial charge is 0.465 e. The maximum Gasteiger partial charge on any atom is 0.340 e. The molecular formula is C20H14F4N2O2S2. The highest BCUT2D eigenvalue weighted by Gasteiger charge is 2.22. The summed E-state index contributed by atoms with van der Waals surface area (Å²) in [7, 11) is 1.21. The monoisotopic (exact) mass is 454 g/mol. The zero-order chi connectivity index (χ0) is 21.8. The number of rotatable bonds is 5. The molecule has 0 bridgehead atoms. The van der Waals surface area contributed by atoms with E-state index in [1.807, 2.05) is 30.3 Å². The number of hydrogen-bond acceptors (Lipinski definition) is 4. The molecule has 0 amide bonds. The van der Waals surface area contributed by atoms with Crippen LogP contribution in [0.1, 0.15) is 20.8 Å². The molecule has 4 nitrogen and oxygen atoms in total. The number of benzene rings is 2. The number of carbonyl (C=O) groups excluding carboxylic acids is 1. The molecule has 0 radical (unpaired) electrons. The van der Waals surface area contributed by atoms with Gasteiger partial charge in [0.05, 0.1) is 12.7 Å². The molecule has 2 aromatic carbocycles. The Morgan fingerprint density at radius 2 is 1.67 bits per heavy atom. The summed E-state index contributed by atoms with van der Waals surface area (Å²) in [4.78, 5) is 12.9. The van der Waals surface area contributed by atoms with E-state index in [1.54, 1.807) is 6.07 Å². The van der Waals surface area contributed by atoms with Crippen molar-refractivity contribution in [1.82, 2.24) is 0 Å². The van der Waals surface area contributed by atoms with Crippen molar-refractivity contribution in [2.24, 2.45) is 0 Å². The van der Waals surface area contributed by atoms with Crippen LogP contribution in [0.3, 0.4) is 0 Å². The predicted molar refractivity (Wildman–Crippen MR) is 111 cm³/mol. The van der Waals surface area contributed by atoms with Crippen LogP contribution in [0.2, 0.25) is 0 Å². The fraction of sp³-hybridized carbons (Fsp3) is 0.100. The van der Waals surface area contributed by atoms with Gasteiger partial charge in [0, 0.05) is 17.4 Å². The van der Waals surface area contributed by atoms with Crippen molar-refractivity contribution in [2.75, 3.05) is 17.7 Å². The minimum absolute atomic E-state index is 0.0941. The van der Waals surface area contributed by atoms with Gasteiger partial charge in [0.15, 0.2) is 28.4 Å². The Balaban J connectivity index is 1.85. The van der Waals surface area contributed by atoms with Gasteiger partial charge in [-0.2, -0.15) is 0 Å². The molecule has 30 heavy (non-hydrogen) atoms. The molecule has 1 heterocycles. The fourth-order valence-electron chi connectivity index (χ4n) is 2.61. The molecule has 0 fully saturated rings. The quantitative estimate of drug-likeness (QED) is 0.231. The minimum atomic E-state index is -1.62. The summed E-state index contributed by atoms with van der Waals surface area (Å²) < 4.78 is 59.2. The summed E-state index contributed by atoms with van der Waals surface area (Å²) in [6.45, 7) is 0. The van der Waals surface area contributed by atoms with E-state index in [1.165, 1.54) is 18.4 Å². The highest BCUT2D eigenvalue weighted by molar-refractivity contribution is 7.80. The van der Waals surface area contributed by atoms with Crippen LogP contribution in [0.15, 0.2) is 42.5 Å². The van der Waals surface area contributed by atoms with Crippen molar-refractivity contribution >= 4 is 45.3 Å². The molecule has 156 valence electrons. The summed E-state index contributed by atoms with van der Waals surface area (Å²) >= 11 is 6.18. The number of thiophene rings is 1. The van der Waals surface area contributed by atoms with E-state index >= 15 is 0 Å². The van der Waals surface area contributed by atoms with Gasteiger partial charge in [-0.3, -0.25) is 0 Å². The second-order valence-electron chi connectivity index (χ2n) is 6.03. The Labute approximate surface area is 178 Å². The molecule has 0 spiro atoms. The highest BCUT2D eigenvalue weighted by Crippen LogP contribution is 2.31. The highest BCUT2D eigenvalue weighted by atomic mass is 32.1. The van der Waals surface area contributed by atoms with Crippen molar-refractivity contribution in [3.63, 3.8) is 0 Å². The van der Waals surface area contributed by atoms with Gasteiger partial charge in [-0.05, 0) is 23.8 Å². The molecule has 3 rings (SSSR count). The lowest BCUT2D eigenvalue weighted by Crippen LogP contribution is -2.22. The number of ether oxygens (including phenoxy) is 1. The van der Waals surface area contributed by atoms with E-state index in [2.05, 4.69) is 10.6 Å². The number of methoxy groups -OCH3 is 1. The van der Waals surface area contributed by atoms with Gasteiger partial charge < -0.3 is 15.4 Å². The topological polar surface area (TPSA) is 50.4 Å². The number of carbonyl (C=O) groups is 1. The molecule has 1 aromatic heterocycles. The van der Waals surface area contributed by atoms with Crippen molar-refractivity contribution in [1.29, 1.82) is 0 Å². The van der Waals surface area contributed by atoms with Gasteiger partial charge in [-0.25, -0.2) is 22.4 Å². The van der Waals surface area contributed by atoms with E-state index in [0.29, 0.717) is 6.42 Å². The molecule has 2 N–H and O–H groups in total. The average molecular weight is 454 g/mol. The fourth-order valence-corrected chi connectivity index (χ4v) is 3.96. The minimum Gasteiger partial charge on any atom is -0.465 e. The Bertz CT molecular complexity index is 1080. The SMILES string of the molecule is COC(=O)c1cc(Cc2ccccc2)sc1NC(=S)Nc1c(F)c(F)cc(F)c1F. The Morgan fingerprint density at radius 1 is 1.03 bits per heavy atom. The first kappa shape index (κ1) is 21.7. The van der Waals surface area contributed by atoms with Gasteiger partial charge in [0.1, 0.15) is 10.7 Å². The van der Waals surface area contributed by atoms with Crippen LogP contribution < -0.4 is 10.6 Å². The lowest BCUT2D eigenvalue weighted by atomic mass is 10.1. The van der Waals surface area contributed by atoms with Crippen molar-refractivity contribution in [3.8, 4) is 0 Å². The Kier molecular flexibility index (Phi) is 6.68. The molecule has 10 heteroatoms. The predicted octanol–water partition coefficient (Wildman–Crippen LogP) is 5.49. The number of halogens is 4. The van der Waals surface area contributed by atoms with Crippen LogP contribution in [0.5, 0.6) is 0 Å². The molecule has 0 aliphatic rings. The van der Waals surface area contributed by atoms with E-state index in [0.717, 1.165) is 10.4 Å². The third-order valence-corrected chi connectivity index (χ3v) is 5.24. The van der Waals surface area contributed by atoms with Gasteiger partial charge in [0.2, 0.25) is 0 Å². The molecule has 0 aliphatic heterocycles. The van der Waals surface area contributed by atoms with Crippen LogP contribution in [0.4, 0.5) is 28.3 Å². The average Bonchev–Trinajstić information content (AvgIpc) is 3.11. The molecule has 0 unspecified atom stereocenters. The molecule has 0 aliphatic carbocycles. The standard InChI is InChI=1S/C20H14F4N2O2S2/c1-28-19(27)12-8-11(7-10-5-3-2-4-6-10)30-18(12)26-20(29)25-17-15(23)13(21)9-14(22)16(17)24/h2-6,8-9H,7H2,1H3,(H2,25,26,29). The van der Waals surface area contributed by atoms with Crippen LogP contribution in [0.25, 0.3) is 0 Å². The van der Waals surface area contributed by atoms with Crippen molar-refractivity contribution in [3.05, 3.63) is 81.7 Å². The van der Waals surface area contributed by atoms with Crippen LogP contribution in [0, 0.1) is 23.3 Å². The molecular weight excluding hydrogens is 440 g/mol. The maximum atomic E-state index is 13.8. The van der Waals surface area contributed by atoms with Crippen LogP contribution in [-0.4, -0.2) is 18.2 Å². The van der Waals surface area contributed by atoms with Crippen molar-refractivity contribution < 1.29 is 27.1 Å². The third kappa shape index (κ3) is 4.77. The summed E-state index contributed by atoms with van der Waals surface area (Å²) in [6.07, 6.45) is 0.524. The van der Waals surface area contributed by atoms with Gasteiger partial charge in [-0.15, -0.1) is 11.3 Å². The van der Waals surface area contributed by atoms with E-state index < -0.39 is 34.9 Å². The van der Waals surface area contributed by atoms with E-state index in [9.17, 15) is 22.4 Å². The van der Waals surface area contributed by atoms with Gasteiger partial charge in [0.25, 0.3) is 0 Å². The summed E-state index contributed by atoms with van der Waals surface area (Å²) in [6, 6.07) is 11.2. The number of esters is 1. The number of thiocarbonyl (C=S) groups is 1. The normalized spacial score (nSPS) is 10.6. The number of anilines is 2. The lowest BCUT2D eigenvalue weighted by Gasteiger charge is -2.12. The van der Waals surface area contributed by atoms with Crippen molar-refractivity contribution in [2.45, 2.75) is 6.42 Å². The second-order valence-corrected chi connectivity index (χ2v) is 7.58. The second kappa shape index (κ2) is 9.23. The number of nitrogens with one attached hydrogen (secondary N) is 2. The molecule has 0 atom stereocenters. The van der Waals surface area contributed by atoms with E-state index in [-0.39, 0.29) is 21.7 Å². The van der Waals surface area contributed by atoms with E-state index in [4.69, 9.17) is 17.0 Å². The van der Waals surface area contributed by atoms with Crippen LogP contribution >= 0.6 is 23.6 Å².